The minimum absolute atomic E-state index is 0.225. The molecule has 2 N–H and O–H groups in total. The molecule has 0 saturated heterocycles. The summed E-state index contributed by atoms with van der Waals surface area (Å²) in [5.74, 6) is 0.510. The van der Waals surface area contributed by atoms with Crippen molar-refractivity contribution < 1.29 is 10.2 Å². The van der Waals surface area contributed by atoms with Crippen molar-refractivity contribution in [2.45, 2.75) is 0 Å². The molecule has 18 heavy (non-hydrogen) atoms. The van der Waals surface area contributed by atoms with Gasteiger partial charge in [0.15, 0.2) is 0 Å². The van der Waals surface area contributed by atoms with E-state index in [1.165, 1.54) is 0 Å². The summed E-state index contributed by atoms with van der Waals surface area (Å²) < 4.78 is 3.01. The smallest absolute Gasteiger partial charge is 0.144 e. The van der Waals surface area contributed by atoms with Gasteiger partial charge in [-0.15, -0.1) is 0 Å². The van der Waals surface area contributed by atoms with Gasteiger partial charge in [0.1, 0.15) is 11.5 Å². The van der Waals surface area contributed by atoms with Crippen molar-refractivity contribution in [2.24, 2.45) is 0 Å². The maximum atomic E-state index is 9.22. The summed E-state index contributed by atoms with van der Waals surface area (Å²) in [6.45, 7) is 0. The molecule has 6 heteroatoms. The van der Waals surface area contributed by atoms with Gasteiger partial charge >= 0.3 is 0 Å². The van der Waals surface area contributed by atoms with Crippen molar-refractivity contribution >= 4 is 63.7 Å². The lowest BCUT2D eigenvalue weighted by molar-refractivity contribution is 0.468. The van der Waals surface area contributed by atoms with Crippen molar-refractivity contribution in [3.63, 3.8) is 0 Å². The van der Waals surface area contributed by atoms with Crippen LogP contribution in [0.3, 0.4) is 0 Å². The highest BCUT2D eigenvalue weighted by Gasteiger charge is 2.02. The summed E-state index contributed by atoms with van der Waals surface area (Å²) in [5, 5.41) is 18.1. The summed E-state index contributed by atoms with van der Waals surface area (Å²) in [6, 6.07) is 10.6. The number of aromatic hydroxyl groups is 2. The van der Waals surface area contributed by atoms with Gasteiger partial charge in [-0.3, -0.25) is 0 Å². The standard InChI is InChI=1S/C6H3Br3O.C6H5BrO/c7-3-1-4(8)6(10)5(9)2-3;7-5-3-1-2-4-6(5)8/h1-2,10H;1-4,8H. The molecule has 2 aromatic carbocycles. The number of hydrogen-bond acceptors (Lipinski definition) is 2. The second-order valence-electron chi connectivity index (χ2n) is 3.17. The fraction of sp³-hybridized carbons (Fsp3) is 0. The molecule has 2 nitrogen and oxygen atoms in total. The topological polar surface area (TPSA) is 40.5 Å². The Morgan fingerprint density at radius 2 is 1.22 bits per heavy atom. The summed E-state index contributed by atoms with van der Waals surface area (Å²) in [6.07, 6.45) is 0. The van der Waals surface area contributed by atoms with Crippen LogP contribution >= 0.6 is 63.7 Å². The monoisotopic (exact) mass is 500 g/mol. The Hall–Kier alpha value is -0.0400. The second-order valence-corrected chi connectivity index (χ2v) is 6.65. The Bertz CT molecular complexity index is 499. The zero-order valence-electron chi connectivity index (χ0n) is 8.87. The van der Waals surface area contributed by atoms with Crippen LogP contribution in [0.2, 0.25) is 0 Å². The van der Waals surface area contributed by atoms with Gasteiger partial charge in [0.05, 0.1) is 13.4 Å². The van der Waals surface area contributed by atoms with Gasteiger partial charge in [0.25, 0.3) is 0 Å². The molecule has 2 aromatic rings. The van der Waals surface area contributed by atoms with E-state index in [4.69, 9.17) is 5.11 Å². The van der Waals surface area contributed by atoms with Crippen LogP contribution in [0.15, 0.2) is 54.3 Å². The lowest BCUT2D eigenvalue weighted by atomic mass is 10.3. The van der Waals surface area contributed by atoms with E-state index in [1.807, 2.05) is 6.07 Å². The largest absolute Gasteiger partial charge is 0.507 e. The molecule has 0 amide bonds. The predicted molar refractivity (Wildman–Crippen MR) is 87.0 cm³/mol. The third-order valence-electron chi connectivity index (χ3n) is 1.83. The number of benzene rings is 2. The van der Waals surface area contributed by atoms with Crippen LogP contribution < -0.4 is 0 Å². The van der Waals surface area contributed by atoms with Crippen LogP contribution in [0.1, 0.15) is 0 Å². The maximum Gasteiger partial charge on any atom is 0.144 e. The van der Waals surface area contributed by atoms with E-state index >= 15 is 0 Å². The molecule has 0 heterocycles. The first-order valence-corrected chi connectivity index (χ1v) is 7.86. The fourth-order valence-electron chi connectivity index (χ4n) is 0.986. The number of para-hydroxylation sites is 1. The fourth-order valence-corrected chi connectivity index (χ4v) is 3.53. The van der Waals surface area contributed by atoms with E-state index in [1.54, 1.807) is 30.3 Å². The highest BCUT2D eigenvalue weighted by atomic mass is 79.9. The number of phenolic OH excluding ortho intramolecular Hbond substituents is 2. The third-order valence-corrected chi connectivity index (χ3v) is 4.17. The normalized spacial score (nSPS) is 9.56. The summed E-state index contributed by atoms with van der Waals surface area (Å²) in [5.41, 5.74) is 0. The molecule has 2 rings (SSSR count). The van der Waals surface area contributed by atoms with Crippen LogP contribution in [-0.4, -0.2) is 10.2 Å². The molecule has 0 spiro atoms. The quantitative estimate of drug-likeness (QED) is 0.475. The van der Waals surface area contributed by atoms with E-state index in [-0.39, 0.29) is 11.5 Å². The first kappa shape index (κ1) is 16.0. The number of rotatable bonds is 0. The average molecular weight is 504 g/mol. The summed E-state index contributed by atoms with van der Waals surface area (Å²) in [4.78, 5) is 0. The van der Waals surface area contributed by atoms with Crippen molar-refractivity contribution in [3.05, 3.63) is 54.3 Å². The maximum absolute atomic E-state index is 9.22. The molecule has 0 saturated carbocycles. The van der Waals surface area contributed by atoms with Gasteiger partial charge in [-0.2, -0.15) is 0 Å². The lowest BCUT2D eigenvalue weighted by Crippen LogP contribution is -1.71. The minimum atomic E-state index is 0.225. The predicted octanol–water partition coefficient (Wildman–Crippen LogP) is 5.83. The minimum Gasteiger partial charge on any atom is -0.507 e. The highest BCUT2D eigenvalue weighted by Crippen LogP contribution is 2.34. The Morgan fingerprint density at radius 3 is 1.61 bits per heavy atom. The van der Waals surface area contributed by atoms with Crippen molar-refractivity contribution in [2.75, 3.05) is 0 Å². The molecule has 0 atom stereocenters. The van der Waals surface area contributed by atoms with E-state index in [0.717, 1.165) is 8.95 Å². The van der Waals surface area contributed by atoms with Gasteiger partial charge in [-0.05, 0) is 72.1 Å². The van der Waals surface area contributed by atoms with E-state index in [9.17, 15) is 5.11 Å². The molecule has 0 bridgehead atoms. The van der Waals surface area contributed by atoms with Gasteiger partial charge in [0, 0.05) is 4.47 Å². The van der Waals surface area contributed by atoms with Crippen LogP contribution in [-0.2, 0) is 0 Å². The molecule has 0 aromatic heterocycles. The van der Waals surface area contributed by atoms with E-state index < -0.39 is 0 Å². The molecule has 0 aliphatic rings. The first-order valence-electron chi connectivity index (χ1n) is 4.69. The van der Waals surface area contributed by atoms with Crippen LogP contribution in [0.25, 0.3) is 0 Å². The Labute approximate surface area is 139 Å². The molecule has 0 fully saturated rings. The highest BCUT2D eigenvalue weighted by molar-refractivity contribution is 9.11. The van der Waals surface area contributed by atoms with Crippen molar-refractivity contribution in [1.29, 1.82) is 0 Å². The zero-order chi connectivity index (χ0) is 13.7. The molecular weight excluding hydrogens is 496 g/mol. The Kier molecular flexibility index (Phi) is 6.70. The second kappa shape index (κ2) is 7.53. The number of halogens is 4. The molecule has 0 aliphatic heterocycles. The lowest BCUT2D eigenvalue weighted by Gasteiger charge is -1.99. The van der Waals surface area contributed by atoms with Crippen molar-refractivity contribution in [1.82, 2.24) is 0 Å². The SMILES string of the molecule is Oc1c(Br)cc(Br)cc1Br.Oc1ccccc1Br. The third kappa shape index (κ3) is 4.91. The van der Waals surface area contributed by atoms with Crippen LogP contribution in [0, 0.1) is 0 Å². The Balaban J connectivity index is 0.000000184. The Morgan fingerprint density at radius 1 is 0.722 bits per heavy atom. The number of hydrogen-bond donors (Lipinski definition) is 2. The van der Waals surface area contributed by atoms with Gasteiger partial charge in [-0.25, -0.2) is 0 Å². The molecule has 0 aliphatic carbocycles. The van der Waals surface area contributed by atoms with E-state index in [2.05, 4.69) is 63.7 Å². The zero-order valence-corrected chi connectivity index (χ0v) is 15.2. The van der Waals surface area contributed by atoms with Gasteiger partial charge in [-0.1, -0.05) is 28.1 Å². The van der Waals surface area contributed by atoms with Gasteiger partial charge < -0.3 is 10.2 Å². The molecule has 0 unspecified atom stereocenters. The van der Waals surface area contributed by atoms with Crippen molar-refractivity contribution in [3.8, 4) is 11.5 Å². The summed E-state index contributed by atoms with van der Waals surface area (Å²) >= 11 is 12.8. The number of phenols is 2. The van der Waals surface area contributed by atoms with Crippen LogP contribution in [0.5, 0.6) is 11.5 Å². The van der Waals surface area contributed by atoms with Crippen LogP contribution in [0.4, 0.5) is 0 Å². The molecular formula is C12H8Br4O2. The first-order chi connectivity index (χ1) is 8.41. The molecule has 0 radical (unpaired) electrons. The summed E-state index contributed by atoms with van der Waals surface area (Å²) in [7, 11) is 0. The van der Waals surface area contributed by atoms with E-state index in [0.29, 0.717) is 8.95 Å². The average Bonchev–Trinajstić information content (AvgIpc) is 2.31. The molecule has 96 valence electrons. The van der Waals surface area contributed by atoms with Gasteiger partial charge in [0.2, 0.25) is 0 Å².